The molecule has 0 aromatic rings. The highest BCUT2D eigenvalue weighted by Crippen LogP contribution is 2.21. The summed E-state index contributed by atoms with van der Waals surface area (Å²) < 4.78 is 0. The van der Waals surface area contributed by atoms with Crippen molar-refractivity contribution in [2.24, 2.45) is 0 Å². The van der Waals surface area contributed by atoms with E-state index in [0.717, 1.165) is 18.4 Å². The first-order valence-corrected chi connectivity index (χ1v) is 4.32. The third kappa shape index (κ3) is 2.64. The lowest BCUT2D eigenvalue weighted by Crippen LogP contribution is -2.13. The van der Waals surface area contributed by atoms with Crippen LogP contribution in [0.15, 0.2) is 11.6 Å². The third-order valence-corrected chi connectivity index (χ3v) is 2.16. The van der Waals surface area contributed by atoms with Gasteiger partial charge in [0, 0.05) is 13.0 Å². The van der Waals surface area contributed by atoms with Crippen molar-refractivity contribution in [2.75, 3.05) is 6.61 Å². The highest BCUT2D eigenvalue weighted by atomic mass is 16.3. The second kappa shape index (κ2) is 4.52. The molecule has 1 unspecified atom stereocenters. The number of hydrogen-bond donors (Lipinski definition) is 2. The molecule has 0 heterocycles. The van der Waals surface area contributed by atoms with Gasteiger partial charge in [0.05, 0.1) is 6.10 Å². The van der Waals surface area contributed by atoms with E-state index in [9.17, 15) is 5.11 Å². The van der Waals surface area contributed by atoms with E-state index in [1.54, 1.807) is 0 Å². The average Bonchev–Trinajstić information content (AvgIpc) is 2.07. The quantitative estimate of drug-likeness (QED) is 0.603. The summed E-state index contributed by atoms with van der Waals surface area (Å²) in [5.74, 6) is 0. The highest BCUT2D eigenvalue weighted by Gasteiger charge is 2.11. The molecule has 2 N–H and O–H groups in total. The molecule has 0 aromatic carbocycles. The first-order chi connectivity index (χ1) is 5.34. The van der Waals surface area contributed by atoms with E-state index in [1.165, 1.54) is 12.8 Å². The summed E-state index contributed by atoms with van der Waals surface area (Å²) in [4.78, 5) is 0. The van der Waals surface area contributed by atoms with Gasteiger partial charge in [-0.05, 0) is 31.3 Å². The minimum Gasteiger partial charge on any atom is -0.396 e. The molecule has 2 heteroatoms. The van der Waals surface area contributed by atoms with Gasteiger partial charge in [-0.15, -0.1) is 0 Å². The van der Waals surface area contributed by atoms with E-state index in [0.29, 0.717) is 6.42 Å². The molecule has 0 aliphatic heterocycles. The smallest absolute Gasteiger partial charge is 0.0772 e. The molecule has 11 heavy (non-hydrogen) atoms. The SMILES string of the molecule is OCCC(O)C1=CCCCC1. The Morgan fingerprint density at radius 2 is 2.27 bits per heavy atom. The molecule has 0 amide bonds. The van der Waals surface area contributed by atoms with Gasteiger partial charge in [-0.3, -0.25) is 0 Å². The monoisotopic (exact) mass is 156 g/mol. The minimum atomic E-state index is -0.389. The van der Waals surface area contributed by atoms with Crippen LogP contribution in [-0.2, 0) is 0 Å². The molecule has 2 nitrogen and oxygen atoms in total. The first-order valence-electron chi connectivity index (χ1n) is 4.32. The summed E-state index contributed by atoms with van der Waals surface area (Å²) in [7, 11) is 0. The normalized spacial score (nSPS) is 21.1. The lowest BCUT2D eigenvalue weighted by atomic mass is 9.94. The van der Waals surface area contributed by atoms with Crippen LogP contribution < -0.4 is 0 Å². The lowest BCUT2D eigenvalue weighted by molar-refractivity contribution is 0.156. The fourth-order valence-electron chi connectivity index (χ4n) is 1.47. The molecule has 0 radical (unpaired) electrons. The van der Waals surface area contributed by atoms with Crippen LogP contribution in [0.4, 0.5) is 0 Å². The van der Waals surface area contributed by atoms with Gasteiger partial charge in [0.2, 0.25) is 0 Å². The van der Waals surface area contributed by atoms with Crippen LogP contribution in [0.2, 0.25) is 0 Å². The van der Waals surface area contributed by atoms with Crippen LogP contribution in [0.1, 0.15) is 32.1 Å². The lowest BCUT2D eigenvalue weighted by Gasteiger charge is -2.17. The second-order valence-corrected chi connectivity index (χ2v) is 3.05. The zero-order chi connectivity index (χ0) is 8.10. The number of aliphatic hydroxyl groups is 2. The van der Waals surface area contributed by atoms with E-state index in [2.05, 4.69) is 6.08 Å². The minimum absolute atomic E-state index is 0.0819. The van der Waals surface area contributed by atoms with E-state index in [1.807, 2.05) is 0 Å². The van der Waals surface area contributed by atoms with Crippen LogP contribution in [0.3, 0.4) is 0 Å². The summed E-state index contributed by atoms with van der Waals surface area (Å²) in [5, 5.41) is 18.0. The van der Waals surface area contributed by atoms with Crippen molar-refractivity contribution in [3.63, 3.8) is 0 Å². The maximum atomic E-state index is 9.45. The molecule has 1 rings (SSSR count). The molecule has 1 atom stereocenters. The van der Waals surface area contributed by atoms with Gasteiger partial charge in [0.1, 0.15) is 0 Å². The Morgan fingerprint density at radius 3 is 2.82 bits per heavy atom. The molecule has 0 saturated carbocycles. The van der Waals surface area contributed by atoms with Crippen LogP contribution in [-0.4, -0.2) is 22.9 Å². The van der Waals surface area contributed by atoms with E-state index in [-0.39, 0.29) is 12.7 Å². The van der Waals surface area contributed by atoms with Gasteiger partial charge in [-0.25, -0.2) is 0 Å². The molecule has 0 bridgehead atoms. The van der Waals surface area contributed by atoms with Crippen LogP contribution in [0.25, 0.3) is 0 Å². The Kier molecular flexibility index (Phi) is 3.60. The zero-order valence-corrected chi connectivity index (χ0v) is 6.79. The predicted molar refractivity (Wildman–Crippen MR) is 44.3 cm³/mol. The summed E-state index contributed by atoms with van der Waals surface area (Å²) >= 11 is 0. The Morgan fingerprint density at radius 1 is 1.45 bits per heavy atom. The van der Waals surface area contributed by atoms with E-state index < -0.39 is 0 Å². The Labute approximate surface area is 67.6 Å². The first kappa shape index (κ1) is 8.75. The van der Waals surface area contributed by atoms with Crippen molar-refractivity contribution in [3.8, 4) is 0 Å². The van der Waals surface area contributed by atoms with Gasteiger partial charge in [0.25, 0.3) is 0 Å². The fraction of sp³-hybridized carbons (Fsp3) is 0.778. The number of allylic oxidation sites excluding steroid dienone is 1. The average molecular weight is 156 g/mol. The summed E-state index contributed by atoms with van der Waals surface area (Å²) in [5.41, 5.74) is 1.13. The van der Waals surface area contributed by atoms with Gasteiger partial charge >= 0.3 is 0 Å². The van der Waals surface area contributed by atoms with Crippen LogP contribution in [0.5, 0.6) is 0 Å². The van der Waals surface area contributed by atoms with Gasteiger partial charge in [-0.2, -0.15) is 0 Å². The second-order valence-electron chi connectivity index (χ2n) is 3.05. The third-order valence-electron chi connectivity index (χ3n) is 2.16. The van der Waals surface area contributed by atoms with E-state index in [4.69, 9.17) is 5.11 Å². The van der Waals surface area contributed by atoms with Crippen LogP contribution >= 0.6 is 0 Å². The van der Waals surface area contributed by atoms with Crippen molar-refractivity contribution in [1.29, 1.82) is 0 Å². The summed E-state index contributed by atoms with van der Waals surface area (Å²) in [6.45, 7) is 0.0819. The molecular weight excluding hydrogens is 140 g/mol. The topological polar surface area (TPSA) is 40.5 Å². The maximum absolute atomic E-state index is 9.45. The molecule has 0 aromatic heterocycles. The molecule has 0 fully saturated rings. The van der Waals surface area contributed by atoms with Gasteiger partial charge in [0.15, 0.2) is 0 Å². The highest BCUT2D eigenvalue weighted by molar-refractivity contribution is 5.10. The Bertz CT molecular complexity index is 140. The van der Waals surface area contributed by atoms with Crippen LogP contribution in [0, 0.1) is 0 Å². The number of aliphatic hydroxyl groups excluding tert-OH is 2. The number of rotatable bonds is 3. The van der Waals surface area contributed by atoms with Gasteiger partial charge < -0.3 is 10.2 Å². The fourth-order valence-corrected chi connectivity index (χ4v) is 1.47. The molecule has 1 aliphatic carbocycles. The zero-order valence-electron chi connectivity index (χ0n) is 6.79. The van der Waals surface area contributed by atoms with E-state index >= 15 is 0 Å². The Balaban J connectivity index is 2.37. The summed E-state index contributed by atoms with van der Waals surface area (Å²) in [6.07, 6.45) is 6.76. The van der Waals surface area contributed by atoms with Gasteiger partial charge in [-0.1, -0.05) is 6.08 Å². The number of hydrogen-bond acceptors (Lipinski definition) is 2. The molecule has 0 spiro atoms. The Hall–Kier alpha value is -0.340. The van der Waals surface area contributed by atoms with Crippen molar-refractivity contribution in [1.82, 2.24) is 0 Å². The summed E-state index contributed by atoms with van der Waals surface area (Å²) in [6, 6.07) is 0. The predicted octanol–water partition coefficient (Wildman–Crippen LogP) is 1.23. The van der Waals surface area contributed by atoms with Crippen molar-refractivity contribution in [3.05, 3.63) is 11.6 Å². The van der Waals surface area contributed by atoms with Crippen molar-refractivity contribution in [2.45, 2.75) is 38.2 Å². The molecule has 64 valence electrons. The molecule has 1 aliphatic rings. The molecular formula is C9H16O2. The van der Waals surface area contributed by atoms with Crippen molar-refractivity contribution < 1.29 is 10.2 Å². The maximum Gasteiger partial charge on any atom is 0.0772 e. The largest absolute Gasteiger partial charge is 0.396 e. The standard InChI is InChI=1S/C9H16O2/c10-7-6-9(11)8-4-2-1-3-5-8/h4,9-11H,1-3,5-7H2. The molecule has 0 saturated heterocycles. The van der Waals surface area contributed by atoms with Crippen molar-refractivity contribution >= 4 is 0 Å².